The molecule has 0 unspecified atom stereocenters. The maximum Gasteiger partial charge on any atom is 0.269 e. The highest BCUT2D eigenvalue weighted by Gasteiger charge is 2.31. The lowest BCUT2D eigenvalue weighted by molar-refractivity contribution is -0.122. The van der Waals surface area contributed by atoms with Crippen LogP contribution in [-0.4, -0.2) is 47.4 Å². The summed E-state index contributed by atoms with van der Waals surface area (Å²) < 4.78 is 13.3. The molecule has 8 nitrogen and oxygen atoms in total. The van der Waals surface area contributed by atoms with Crippen molar-refractivity contribution in [2.24, 2.45) is 7.05 Å². The molecule has 2 aromatic rings. The summed E-state index contributed by atoms with van der Waals surface area (Å²) in [5, 5.41) is 10.5. The molecule has 2 heterocycles. The quantitative estimate of drug-likeness (QED) is 0.658. The van der Waals surface area contributed by atoms with Gasteiger partial charge in [0, 0.05) is 32.5 Å². The van der Waals surface area contributed by atoms with Crippen molar-refractivity contribution in [3.63, 3.8) is 0 Å². The highest BCUT2D eigenvalue weighted by atomic mass is 16.5. The molecule has 1 aliphatic heterocycles. The summed E-state index contributed by atoms with van der Waals surface area (Å²) in [6.07, 6.45) is 4.23. The fourth-order valence-electron chi connectivity index (χ4n) is 4.36. The zero-order valence-corrected chi connectivity index (χ0v) is 19.0. The number of aromatic nitrogens is 2. The Morgan fingerprint density at radius 3 is 2.62 bits per heavy atom. The molecule has 1 saturated heterocycles. The first-order valence-electron chi connectivity index (χ1n) is 11.3. The molecule has 2 N–H and O–H groups in total. The predicted octanol–water partition coefficient (Wildman–Crippen LogP) is 2.85. The molecule has 0 radical (unpaired) electrons. The Hall–Kier alpha value is -2.87. The summed E-state index contributed by atoms with van der Waals surface area (Å²) in [6, 6.07) is 9.76. The van der Waals surface area contributed by atoms with Gasteiger partial charge in [-0.3, -0.25) is 14.3 Å². The number of carbonyl (C=O) groups is 2. The van der Waals surface area contributed by atoms with Gasteiger partial charge in [0.1, 0.15) is 11.4 Å². The van der Waals surface area contributed by atoms with Gasteiger partial charge >= 0.3 is 0 Å². The Labute approximate surface area is 188 Å². The van der Waals surface area contributed by atoms with Crippen molar-refractivity contribution in [1.29, 1.82) is 0 Å². The number of hydrogen-bond donors (Lipinski definition) is 2. The number of hydrogen-bond acceptors (Lipinski definition) is 5. The Balaban J connectivity index is 1.35. The third-order valence-corrected chi connectivity index (χ3v) is 6.18. The van der Waals surface area contributed by atoms with Crippen molar-refractivity contribution >= 4 is 11.8 Å². The van der Waals surface area contributed by atoms with Crippen LogP contribution in [0.15, 0.2) is 30.3 Å². The van der Waals surface area contributed by atoms with E-state index in [1.165, 1.54) is 6.92 Å². The van der Waals surface area contributed by atoms with Crippen LogP contribution in [0.5, 0.6) is 5.75 Å². The Morgan fingerprint density at radius 2 is 1.97 bits per heavy atom. The number of nitrogens with zero attached hydrogens (tertiary/aromatic N) is 2. The van der Waals surface area contributed by atoms with Crippen molar-refractivity contribution in [3.8, 4) is 5.75 Å². The summed E-state index contributed by atoms with van der Waals surface area (Å²) in [4.78, 5) is 24.3. The van der Waals surface area contributed by atoms with E-state index < -0.39 is 0 Å². The average Bonchev–Trinajstić information content (AvgIpc) is 3.55. The topological polar surface area (TPSA) is 94.5 Å². The van der Waals surface area contributed by atoms with Crippen molar-refractivity contribution in [2.45, 2.75) is 63.2 Å². The molecular formula is C24H32N4O4. The summed E-state index contributed by atoms with van der Waals surface area (Å²) in [5.41, 5.74) is 2.65. The number of carbonyl (C=O) groups excluding carboxylic acids is 2. The molecular weight excluding hydrogens is 408 g/mol. The second-order valence-electron chi connectivity index (χ2n) is 8.79. The van der Waals surface area contributed by atoms with Crippen LogP contribution in [0.25, 0.3) is 0 Å². The molecule has 8 heteroatoms. The first-order valence-corrected chi connectivity index (χ1v) is 11.3. The SMILES string of the molecule is COc1ccc([C@H]2C[C@@H](NC(C)=O)C[C@@H](CCNC(=O)c3cc(C4CC4)nn3C)O2)cc1. The minimum absolute atomic E-state index is 0.0345. The van der Waals surface area contributed by atoms with E-state index in [0.717, 1.165) is 36.3 Å². The van der Waals surface area contributed by atoms with Crippen LogP contribution < -0.4 is 15.4 Å². The fraction of sp³-hybridized carbons (Fsp3) is 0.542. The average molecular weight is 441 g/mol. The lowest BCUT2D eigenvalue weighted by Crippen LogP contribution is -2.43. The van der Waals surface area contributed by atoms with Gasteiger partial charge in [0.05, 0.1) is 25.0 Å². The zero-order chi connectivity index (χ0) is 22.7. The Morgan fingerprint density at radius 1 is 1.22 bits per heavy atom. The van der Waals surface area contributed by atoms with E-state index in [-0.39, 0.29) is 30.1 Å². The van der Waals surface area contributed by atoms with E-state index in [0.29, 0.717) is 31.0 Å². The van der Waals surface area contributed by atoms with Crippen molar-refractivity contribution in [2.75, 3.05) is 13.7 Å². The Bertz CT molecular complexity index is 951. The van der Waals surface area contributed by atoms with Gasteiger partial charge in [-0.15, -0.1) is 0 Å². The second kappa shape index (κ2) is 9.73. The molecule has 4 rings (SSSR count). The molecule has 1 aromatic carbocycles. The van der Waals surface area contributed by atoms with Crippen LogP contribution >= 0.6 is 0 Å². The van der Waals surface area contributed by atoms with E-state index >= 15 is 0 Å². The fourth-order valence-corrected chi connectivity index (χ4v) is 4.36. The van der Waals surface area contributed by atoms with Crippen LogP contribution in [0.1, 0.15) is 72.8 Å². The maximum absolute atomic E-state index is 12.6. The van der Waals surface area contributed by atoms with Crippen LogP contribution in [0.4, 0.5) is 0 Å². The molecule has 2 fully saturated rings. The largest absolute Gasteiger partial charge is 0.497 e. The third-order valence-electron chi connectivity index (χ3n) is 6.18. The summed E-state index contributed by atoms with van der Waals surface area (Å²) in [6.45, 7) is 2.03. The normalized spacial score (nSPS) is 22.9. The van der Waals surface area contributed by atoms with Gasteiger partial charge in [-0.05, 0) is 55.9 Å². The maximum atomic E-state index is 12.6. The standard InChI is InChI=1S/C24H32N4O4/c1-15(29)26-18-12-20(32-23(13-18)17-6-8-19(31-3)9-7-17)10-11-25-24(30)22-14-21(16-4-5-16)27-28(22)2/h6-9,14,16,18,20,23H,4-5,10-13H2,1-3H3,(H,25,30)(H,26,29)/t18-,20+,23+/m0/s1. The van der Waals surface area contributed by atoms with Crippen molar-refractivity contribution in [3.05, 3.63) is 47.3 Å². The van der Waals surface area contributed by atoms with Crippen molar-refractivity contribution in [1.82, 2.24) is 20.4 Å². The van der Waals surface area contributed by atoms with Gasteiger partial charge in [0.2, 0.25) is 5.91 Å². The third kappa shape index (κ3) is 5.48. The number of nitrogens with one attached hydrogen (secondary N) is 2. The van der Waals surface area contributed by atoms with E-state index in [2.05, 4.69) is 15.7 Å². The lowest BCUT2D eigenvalue weighted by atomic mass is 9.93. The highest BCUT2D eigenvalue weighted by Crippen LogP contribution is 2.39. The number of ether oxygens (including phenoxy) is 2. The van der Waals surface area contributed by atoms with E-state index in [4.69, 9.17) is 9.47 Å². The molecule has 2 amide bonds. The monoisotopic (exact) mass is 440 g/mol. The Kier molecular flexibility index (Phi) is 6.79. The summed E-state index contributed by atoms with van der Waals surface area (Å²) in [7, 11) is 3.45. The van der Waals surface area contributed by atoms with Crippen LogP contribution in [0.2, 0.25) is 0 Å². The summed E-state index contributed by atoms with van der Waals surface area (Å²) in [5.74, 6) is 1.15. The van der Waals surface area contributed by atoms with Gasteiger partial charge in [-0.2, -0.15) is 5.10 Å². The number of aryl methyl sites for hydroxylation is 1. The van der Waals surface area contributed by atoms with Crippen molar-refractivity contribution < 1.29 is 19.1 Å². The number of rotatable bonds is 8. The first-order chi connectivity index (χ1) is 15.4. The van der Waals surface area contributed by atoms with E-state index in [9.17, 15) is 9.59 Å². The second-order valence-corrected chi connectivity index (χ2v) is 8.79. The molecule has 0 spiro atoms. The number of methoxy groups -OCH3 is 1. The lowest BCUT2D eigenvalue weighted by Gasteiger charge is -2.36. The van der Waals surface area contributed by atoms with Gasteiger partial charge < -0.3 is 20.1 Å². The van der Waals surface area contributed by atoms with Gasteiger partial charge in [-0.25, -0.2) is 0 Å². The smallest absolute Gasteiger partial charge is 0.269 e. The molecule has 1 aromatic heterocycles. The molecule has 2 aliphatic rings. The number of amides is 2. The van der Waals surface area contributed by atoms with Gasteiger partial charge in [0.15, 0.2) is 0 Å². The highest BCUT2D eigenvalue weighted by molar-refractivity contribution is 5.92. The summed E-state index contributed by atoms with van der Waals surface area (Å²) >= 11 is 0. The van der Waals surface area contributed by atoms with Crippen LogP contribution in [0.3, 0.4) is 0 Å². The predicted molar refractivity (Wildman–Crippen MR) is 120 cm³/mol. The van der Waals surface area contributed by atoms with E-state index in [1.807, 2.05) is 37.4 Å². The molecule has 172 valence electrons. The minimum atomic E-state index is -0.120. The van der Waals surface area contributed by atoms with Crippen LogP contribution in [0, 0.1) is 0 Å². The molecule has 1 saturated carbocycles. The van der Waals surface area contributed by atoms with E-state index in [1.54, 1.807) is 11.8 Å². The number of benzene rings is 1. The van der Waals surface area contributed by atoms with Crippen LogP contribution in [-0.2, 0) is 16.6 Å². The zero-order valence-electron chi connectivity index (χ0n) is 19.0. The minimum Gasteiger partial charge on any atom is -0.497 e. The first kappa shape index (κ1) is 22.3. The van der Waals surface area contributed by atoms with Gasteiger partial charge in [-0.1, -0.05) is 12.1 Å². The molecule has 32 heavy (non-hydrogen) atoms. The van der Waals surface area contributed by atoms with Gasteiger partial charge in [0.25, 0.3) is 5.91 Å². The molecule has 3 atom stereocenters. The molecule has 1 aliphatic carbocycles. The molecule has 0 bridgehead atoms.